The molecule has 0 unspecified atom stereocenters. The Balaban J connectivity index is 0.000000132. The Hall–Kier alpha value is -10.6. The minimum absolute atomic E-state index is 0.0142. The molecular weight excluding hydrogens is 1060 g/mol. The summed E-state index contributed by atoms with van der Waals surface area (Å²) in [5, 5.41) is 24.3. The number of nitrogens with zero attached hydrogens (tertiary/aromatic N) is 17. The van der Waals surface area contributed by atoms with Gasteiger partial charge in [-0.1, -0.05) is 27.1 Å². The van der Waals surface area contributed by atoms with Crippen molar-refractivity contribution in [3.63, 3.8) is 0 Å². The molecule has 0 aliphatic carbocycles. The van der Waals surface area contributed by atoms with E-state index in [1.807, 2.05) is 0 Å². The first-order valence-electron chi connectivity index (χ1n) is 22.3. The number of nitrogens with one attached hydrogen (secondary N) is 1. The highest BCUT2D eigenvalue weighted by atomic mass is 35.5. The quantitative estimate of drug-likeness (QED) is 0.0875. The van der Waals surface area contributed by atoms with Gasteiger partial charge in [-0.15, -0.1) is 0 Å². The number of halogens is 7. The maximum atomic E-state index is 14.0. The summed E-state index contributed by atoms with van der Waals surface area (Å²) in [6, 6.07) is 18.1. The van der Waals surface area contributed by atoms with Crippen LogP contribution in [0.4, 0.5) is 32.2 Å². The molecule has 0 aliphatic heterocycles. The van der Waals surface area contributed by atoms with Crippen LogP contribution in [0.1, 0.15) is 17.1 Å². The molecule has 23 nitrogen and oxygen atoms in total. The number of aromatic nitrogens is 18. The van der Waals surface area contributed by atoms with Crippen LogP contribution in [0.2, 0.25) is 5.15 Å². The van der Waals surface area contributed by atoms with E-state index in [2.05, 4.69) is 75.6 Å². The zero-order valence-corrected chi connectivity index (χ0v) is 40.0. The molecule has 12 aromatic rings. The van der Waals surface area contributed by atoms with Crippen molar-refractivity contribution < 1.29 is 39.9 Å². The van der Waals surface area contributed by atoms with Crippen LogP contribution in [0.15, 0.2) is 147 Å². The zero-order valence-electron chi connectivity index (χ0n) is 39.2. The fourth-order valence-electron chi connectivity index (χ4n) is 7.11. The van der Waals surface area contributed by atoms with Crippen LogP contribution in [-0.4, -0.2) is 89.7 Å². The van der Waals surface area contributed by atoms with E-state index in [9.17, 15) is 31.1 Å². The Bertz CT molecular complexity index is 3910. The van der Waals surface area contributed by atoms with E-state index in [0.717, 1.165) is 18.6 Å². The standard InChI is InChI=1S/C16H9ClF2N6O.C16H11F2N7O.C16H10F2N6O2/c17-15-10(19)7-21-16(22-15)12-6-14(11-3-5-26-24-11)25(23-12)8-13-9(18)2-1-4-20-13;17-9-2-1-4-20-13(9)8-25-14(11-3-5-26-24-11)6-12(23-25)16-21-7-10(18)15(19)22-16;17-9-2-1-4-19-13(9)8-24-14(11-3-5-26-23-11)6-12(22-24)15-20-7-10(18)16(25)21-15/h1-7H,8H2;1-7H,8H2,(H2,19,21,22);1-7H,8H2,(H,20,21,25). The number of nitrogens with two attached hydrogens (primary N) is 1. The molecule has 12 rings (SSSR count). The van der Waals surface area contributed by atoms with Crippen LogP contribution >= 0.6 is 11.6 Å². The van der Waals surface area contributed by atoms with Crippen LogP contribution in [0, 0.1) is 34.9 Å². The van der Waals surface area contributed by atoms with Crippen molar-refractivity contribution in [3.8, 4) is 68.7 Å². The summed E-state index contributed by atoms with van der Waals surface area (Å²) in [7, 11) is 0. The van der Waals surface area contributed by atoms with Crippen molar-refractivity contribution in [2.75, 3.05) is 5.73 Å². The van der Waals surface area contributed by atoms with Gasteiger partial charge in [-0.25, -0.2) is 46.9 Å². The maximum Gasteiger partial charge on any atom is 0.287 e. The number of anilines is 1. The highest BCUT2D eigenvalue weighted by Crippen LogP contribution is 2.28. The minimum atomic E-state index is -1.000. The molecule has 0 atom stereocenters. The average molecular weight is 1090 g/mol. The lowest BCUT2D eigenvalue weighted by molar-refractivity contribution is 0.421. The van der Waals surface area contributed by atoms with E-state index >= 15 is 0 Å². The first-order chi connectivity index (χ1) is 37.8. The molecule has 0 amide bonds. The van der Waals surface area contributed by atoms with Crippen LogP contribution in [0.25, 0.3) is 68.7 Å². The van der Waals surface area contributed by atoms with Crippen molar-refractivity contribution >= 4 is 17.4 Å². The second kappa shape index (κ2) is 22.5. The number of hydrogen-bond acceptors (Lipinski definition) is 19. The molecule has 0 radical (unpaired) electrons. The third-order valence-electron chi connectivity index (χ3n) is 10.8. The van der Waals surface area contributed by atoms with Crippen LogP contribution in [0.5, 0.6) is 0 Å². The number of nitrogen functional groups attached to an aromatic ring is 1. The van der Waals surface area contributed by atoms with E-state index in [1.165, 1.54) is 87.8 Å². The molecule has 0 fully saturated rings. The highest BCUT2D eigenvalue weighted by Gasteiger charge is 2.21. The Morgan fingerprint density at radius 3 is 1.29 bits per heavy atom. The van der Waals surface area contributed by atoms with Gasteiger partial charge in [-0.2, -0.15) is 19.7 Å². The molecule has 3 N–H and O–H groups in total. The van der Waals surface area contributed by atoms with E-state index in [-0.39, 0.29) is 70.9 Å². The van der Waals surface area contributed by atoms with Crippen molar-refractivity contribution in [2.45, 2.75) is 19.6 Å². The lowest BCUT2D eigenvalue weighted by Gasteiger charge is -2.05. The molecule has 12 aromatic heterocycles. The maximum absolute atomic E-state index is 14.0. The normalized spacial score (nSPS) is 11.0. The summed E-state index contributed by atoms with van der Waals surface area (Å²) < 4.78 is 101. The van der Waals surface area contributed by atoms with Gasteiger partial charge >= 0.3 is 0 Å². The zero-order chi connectivity index (χ0) is 54.3. The lowest BCUT2D eigenvalue weighted by atomic mass is 10.2. The third-order valence-corrected chi connectivity index (χ3v) is 11.0. The Morgan fingerprint density at radius 1 is 0.487 bits per heavy atom. The number of rotatable bonds is 12. The highest BCUT2D eigenvalue weighted by molar-refractivity contribution is 6.29. The predicted molar refractivity (Wildman–Crippen MR) is 258 cm³/mol. The predicted octanol–water partition coefficient (Wildman–Crippen LogP) is 7.68. The SMILES string of the molecule is Fc1cnc(-c2cc(-c3ccon3)n(Cc3ncccc3F)n2)nc1Cl.Nc1nc(-c2cc(-c3ccon3)n(Cc3ncccc3F)n2)ncc1F.O=c1[nH]c(-c2cc(-c3ccon3)n(Cc3ncccc3F)n2)ncc1F. The summed E-state index contributed by atoms with van der Waals surface area (Å²) in [4.78, 5) is 45.2. The molecule has 0 aliphatic rings. The largest absolute Gasteiger partial charge is 0.381 e. The lowest BCUT2D eigenvalue weighted by Crippen LogP contribution is -2.13. The third kappa shape index (κ3) is 11.4. The van der Waals surface area contributed by atoms with E-state index in [1.54, 1.807) is 36.4 Å². The number of pyridine rings is 3. The summed E-state index contributed by atoms with van der Waals surface area (Å²) in [6.07, 6.45) is 11.4. The van der Waals surface area contributed by atoms with E-state index in [4.69, 9.17) is 30.9 Å². The molecule has 0 spiro atoms. The van der Waals surface area contributed by atoms with E-state index < -0.39 is 40.5 Å². The Kier molecular flexibility index (Phi) is 14.7. The molecule has 390 valence electrons. The van der Waals surface area contributed by atoms with Gasteiger partial charge in [0, 0.05) is 36.8 Å². The van der Waals surface area contributed by atoms with Crippen LogP contribution < -0.4 is 11.3 Å². The Morgan fingerprint density at radius 2 is 0.897 bits per heavy atom. The minimum Gasteiger partial charge on any atom is -0.381 e. The summed E-state index contributed by atoms with van der Waals surface area (Å²) >= 11 is 5.71. The Labute approximate surface area is 436 Å². The first kappa shape index (κ1) is 50.9. The van der Waals surface area contributed by atoms with Crippen molar-refractivity contribution in [1.29, 1.82) is 0 Å². The molecule has 0 aromatic carbocycles. The first-order valence-corrected chi connectivity index (χ1v) is 22.7. The number of H-pyrrole nitrogens is 1. The molecule has 0 saturated carbocycles. The molecular formula is C48H30ClF6N19O4. The fraction of sp³-hybridized carbons (Fsp3) is 0.0625. The topological polar surface area (TPSA) is 294 Å². The number of hydrogen-bond donors (Lipinski definition) is 2. The van der Waals surface area contributed by atoms with Crippen LogP contribution in [0.3, 0.4) is 0 Å². The van der Waals surface area contributed by atoms with Gasteiger partial charge in [-0.05, 0) is 54.6 Å². The monoisotopic (exact) mass is 1090 g/mol. The van der Waals surface area contributed by atoms with Gasteiger partial charge in [-0.3, -0.25) is 33.8 Å². The summed E-state index contributed by atoms with van der Waals surface area (Å²) in [5.74, 6) is -3.82. The molecule has 12 heterocycles. The van der Waals surface area contributed by atoms with Crippen molar-refractivity contribution in [1.82, 2.24) is 89.7 Å². The molecule has 78 heavy (non-hydrogen) atoms. The fourth-order valence-corrected chi connectivity index (χ4v) is 7.24. The second-order valence-electron chi connectivity index (χ2n) is 15.8. The van der Waals surface area contributed by atoms with Crippen molar-refractivity contribution in [2.24, 2.45) is 0 Å². The average Bonchev–Trinajstić information content (AvgIpc) is 4.35. The second-order valence-corrected chi connectivity index (χ2v) is 16.2. The molecule has 0 bridgehead atoms. The summed E-state index contributed by atoms with van der Waals surface area (Å²) in [5.41, 5.74) is 9.02. The van der Waals surface area contributed by atoms with Gasteiger partial charge in [0.1, 0.15) is 70.4 Å². The van der Waals surface area contributed by atoms with Crippen LogP contribution in [-0.2, 0) is 19.6 Å². The summed E-state index contributed by atoms with van der Waals surface area (Å²) in [6.45, 7) is 0.107. The molecule has 0 saturated heterocycles. The smallest absolute Gasteiger partial charge is 0.287 e. The van der Waals surface area contributed by atoms with Gasteiger partial charge in [0.2, 0.25) is 5.82 Å². The van der Waals surface area contributed by atoms with Gasteiger partial charge in [0.25, 0.3) is 5.56 Å². The van der Waals surface area contributed by atoms with Gasteiger partial charge in [0.05, 0.1) is 72.4 Å². The van der Waals surface area contributed by atoms with Crippen molar-refractivity contribution in [3.05, 3.63) is 196 Å². The van der Waals surface area contributed by atoms with Gasteiger partial charge < -0.3 is 24.3 Å². The number of aromatic amines is 1. The molecule has 30 heteroatoms. The van der Waals surface area contributed by atoms with Gasteiger partial charge in [0.15, 0.2) is 40.1 Å². The van der Waals surface area contributed by atoms with E-state index in [0.29, 0.717) is 45.6 Å².